The van der Waals surface area contributed by atoms with E-state index in [9.17, 15) is 0 Å². The zero-order chi connectivity index (χ0) is 8.20. The Hall–Kier alpha value is 0.140. The van der Waals surface area contributed by atoms with Crippen LogP contribution in [0.1, 0.15) is 6.42 Å². The molecule has 0 unspecified atom stereocenters. The summed E-state index contributed by atoms with van der Waals surface area (Å²) in [5.74, 6) is 0. The highest BCUT2D eigenvalue weighted by atomic mass is 127. The number of hydrogen-bond acceptors (Lipinski definition) is 2. The number of halogens is 1. The first-order valence-corrected chi connectivity index (χ1v) is 3.31. The number of aliphatic hydroxyl groups is 1. The Morgan fingerprint density at radius 2 is 1.91 bits per heavy atom. The lowest BCUT2D eigenvalue weighted by atomic mass is 10.2. The van der Waals surface area contributed by atoms with E-state index in [1.807, 2.05) is 27.2 Å². The molecule has 0 amide bonds. The second-order valence-corrected chi connectivity index (χ2v) is 3.49. The molecule has 0 spiro atoms. The van der Waals surface area contributed by atoms with Crippen LogP contribution in [-0.2, 0) is 0 Å². The van der Waals surface area contributed by atoms with Crippen molar-refractivity contribution in [2.24, 2.45) is 0 Å². The lowest BCUT2D eigenvalue weighted by Crippen LogP contribution is -3.00. The third-order valence-electron chi connectivity index (χ3n) is 1.09. The summed E-state index contributed by atoms with van der Waals surface area (Å²) in [6.45, 7) is 0.633. The van der Waals surface area contributed by atoms with Crippen LogP contribution in [0.15, 0.2) is 0 Å². The van der Waals surface area contributed by atoms with Gasteiger partial charge < -0.3 is 33.6 Å². The number of nitrogens with zero attached hydrogens (tertiary/aromatic N) is 2. The molecular weight excluding hydrogens is 255 g/mol. The lowest BCUT2D eigenvalue weighted by molar-refractivity contribution is -0.873. The molecule has 0 fully saturated rings. The minimum absolute atomic E-state index is 0. The molecule has 0 aromatic rings. The largest absolute Gasteiger partial charge is 1.00 e. The molecule has 0 aromatic carbocycles. The van der Waals surface area contributed by atoms with Gasteiger partial charge in [-0.25, -0.2) is 0 Å². The van der Waals surface area contributed by atoms with Crippen LogP contribution in [0.5, 0.6) is 0 Å². The summed E-state index contributed by atoms with van der Waals surface area (Å²) in [6.07, 6.45) is -0.250. The molecule has 0 rings (SSSR count). The summed E-state index contributed by atoms with van der Waals surface area (Å²) in [4.78, 5) is 0. The minimum Gasteiger partial charge on any atom is -1.00 e. The molecular formula is C7H15IN2O. The second-order valence-electron chi connectivity index (χ2n) is 3.49. The number of aliphatic hydroxyl groups excluding tert-OH is 1. The van der Waals surface area contributed by atoms with Crippen LogP contribution in [0.25, 0.3) is 0 Å². The zero-order valence-corrected chi connectivity index (χ0v) is 9.37. The van der Waals surface area contributed by atoms with Gasteiger partial charge in [0.05, 0.1) is 33.6 Å². The van der Waals surface area contributed by atoms with Crippen molar-refractivity contribution in [3.8, 4) is 6.07 Å². The Morgan fingerprint density at radius 1 is 1.45 bits per heavy atom. The van der Waals surface area contributed by atoms with E-state index < -0.39 is 6.10 Å². The van der Waals surface area contributed by atoms with E-state index >= 15 is 0 Å². The molecule has 1 atom stereocenters. The van der Waals surface area contributed by atoms with Gasteiger partial charge in [-0.05, 0) is 0 Å². The van der Waals surface area contributed by atoms with Gasteiger partial charge in [-0.3, -0.25) is 0 Å². The third-order valence-corrected chi connectivity index (χ3v) is 1.09. The molecule has 3 nitrogen and oxygen atoms in total. The Labute approximate surface area is 85.2 Å². The van der Waals surface area contributed by atoms with Crippen molar-refractivity contribution in [3.63, 3.8) is 0 Å². The van der Waals surface area contributed by atoms with Crippen LogP contribution in [0, 0.1) is 11.3 Å². The van der Waals surface area contributed by atoms with E-state index in [0.717, 1.165) is 0 Å². The molecule has 0 saturated carbocycles. The smallest absolute Gasteiger partial charge is 0.116 e. The first kappa shape index (κ1) is 13.7. The van der Waals surface area contributed by atoms with Gasteiger partial charge in [0, 0.05) is 0 Å². The zero-order valence-electron chi connectivity index (χ0n) is 7.21. The van der Waals surface area contributed by atoms with Crippen molar-refractivity contribution < 1.29 is 33.6 Å². The molecule has 11 heavy (non-hydrogen) atoms. The summed E-state index contributed by atoms with van der Waals surface area (Å²) in [5, 5.41) is 17.4. The number of rotatable bonds is 3. The average molecular weight is 270 g/mol. The van der Waals surface area contributed by atoms with Crippen molar-refractivity contribution in [1.29, 1.82) is 5.26 Å². The maximum Gasteiger partial charge on any atom is 0.116 e. The molecule has 0 aromatic heterocycles. The molecule has 66 valence electrons. The van der Waals surface area contributed by atoms with E-state index in [1.54, 1.807) is 0 Å². The molecule has 4 heteroatoms. The van der Waals surface area contributed by atoms with E-state index in [4.69, 9.17) is 10.4 Å². The van der Waals surface area contributed by atoms with E-state index in [-0.39, 0.29) is 30.4 Å². The van der Waals surface area contributed by atoms with Gasteiger partial charge in [-0.1, -0.05) is 0 Å². The van der Waals surface area contributed by atoms with Gasteiger partial charge in [0.15, 0.2) is 0 Å². The quantitative estimate of drug-likeness (QED) is 0.438. The fourth-order valence-corrected chi connectivity index (χ4v) is 0.802. The monoisotopic (exact) mass is 270 g/mol. The SMILES string of the molecule is C[N+](C)(C)C[C@H](O)CC#N.[I-]. The summed E-state index contributed by atoms with van der Waals surface area (Å²) in [6, 6.07) is 1.93. The first-order valence-electron chi connectivity index (χ1n) is 3.31. The molecule has 0 saturated heterocycles. The maximum atomic E-state index is 9.15. The predicted molar refractivity (Wildman–Crippen MR) is 39.1 cm³/mol. The van der Waals surface area contributed by atoms with Crippen molar-refractivity contribution in [3.05, 3.63) is 0 Å². The number of likely N-dealkylation sites (N-methyl/N-ethyl adjacent to an activating group) is 1. The predicted octanol–water partition coefficient (Wildman–Crippen LogP) is -3.03. The number of hydrogen-bond donors (Lipinski definition) is 1. The van der Waals surface area contributed by atoms with Crippen molar-refractivity contribution >= 4 is 0 Å². The topological polar surface area (TPSA) is 44.0 Å². The third kappa shape index (κ3) is 10.1. The highest BCUT2D eigenvalue weighted by Gasteiger charge is 2.14. The van der Waals surface area contributed by atoms with Gasteiger partial charge in [0.1, 0.15) is 12.6 Å². The molecule has 0 radical (unpaired) electrons. The lowest BCUT2D eigenvalue weighted by Gasteiger charge is -2.25. The highest BCUT2D eigenvalue weighted by Crippen LogP contribution is 1.97. The maximum absolute atomic E-state index is 9.15. The van der Waals surface area contributed by atoms with Crippen LogP contribution in [-0.4, -0.2) is 43.4 Å². The molecule has 0 heterocycles. The Kier molecular flexibility index (Phi) is 7.16. The molecule has 0 aliphatic rings. The Balaban J connectivity index is 0. The van der Waals surface area contributed by atoms with Crippen LogP contribution in [0.2, 0.25) is 0 Å². The van der Waals surface area contributed by atoms with Crippen molar-refractivity contribution in [2.45, 2.75) is 12.5 Å². The molecule has 0 aliphatic heterocycles. The standard InChI is InChI=1S/C7H15N2O.HI/c1-9(2,3)6-7(10)4-5-8;/h7,10H,4,6H2,1-3H3;1H/q+1;/p-1/t7-;/m1./s1. The minimum atomic E-state index is -0.481. The number of nitriles is 1. The van der Waals surface area contributed by atoms with E-state index in [0.29, 0.717) is 11.0 Å². The van der Waals surface area contributed by atoms with Crippen LogP contribution in [0.3, 0.4) is 0 Å². The fourth-order valence-electron chi connectivity index (χ4n) is 0.802. The highest BCUT2D eigenvalue weighted by molar-refractivity contribution is 4.74. The van der Waals surface area contributed by atoms with Gasteiger partial charge >= 0.3 is 0 Å². The summed E-state index contributed by atoms with van der Waals surface area (Å²) >= 11 is 0. The first-order chi connectivity index (χ1) is 4.45. The van der Waals surface area contributed by atoms with Gasteiger partial charge in [-0.2, -0.15) is 5.26 Å². The van der Waals surface area contributed by atoms with Crippen LogP contribution < -0.4 is 24.0 Å². The second kappa shape index (κ2) is 5.75. The molecule has 0 aliphatic carbocycles. The summed E-state index contributed by atoms with van der Waals surface area (Å²) < 4.78 is 0.697. The van der Waals surface area contributed by atoms with Crippen molar-refractivity contribution in [1.82, 2.24) is 0 Å². The normalized spacial score (nSPS) is 13.0. The summed E-state index contributed by atoms with van der Waals surface area (Å²) in [5.41, 5.74) is 0. The van der Waals surface area contributed by atoms with Crippen LogP contribution >= 0.6 is 0 Å². The van der Waals surface area contributed by atoms with Gasteiger partial charge in [0.25, 0.3) is 0 Å². The Morgan fingerprint density at radius 3 is 2.18 bits per heavy atom. The fraction of sp³-hybridized carbons (Fsp3) is 0.857. The van der Waals surface area contributed by atoms with Gasteiger partial charge in [-0.15, -0.1) is 0 Å². The van der Waals surface area contributed by atoms with E-state index in [2.05, 4.69) is 0 Å². The van der Waals surface area contributed by atoms with Crippen molar-refractivity contribution in [2.75, 3.05) is 27.7 Å². The van der Waals surface area contributed by atoms with E-state index in [1.165, 1.54) is 0 Å². The average Bonchev–Trinajstić information content (AvgIpc) is 1.59. The Bertz CT molecular complexity index is 136. The molecule has 1 N–H and O–H groups in total. The summed E-state index contributed by atoms with van der Waals surface area (Å²) in [7, 11) is 5.96. The number of quaternary nitrogens is 1. The van der Waals surface area contributed by atoms with Gasteiger partial charge in [0.2, 0.25) is 0 Å². The molecule has 0 bridgehead atoms. The van der Waals surface area contributed by atoms with Crippen LogP contribution in [0.4, 0.5) is 0 Å².